The number of sulfonamides is 1. The molecular weight excluding hydrogens is 415 g/mol. The molecule has 0 spiro atoms. The van der Waals surface area contributed by atoms with Gasteiger partial charge in [-0.2, -0.15) is 12.8 Å². The minimum absolute atomic E-state index is 0.0315. The highest BCUT2D eigenvalue weighted by molar-refractivity contribution is 7.90. The van der Waals surface area contributed by atoms with Gasteiger partial charge in [0.1, 0.15) is 10.3 Å². The number of rotatable bonds is 3. The highest BCUT2D eigenvalue weighted by Crippen LogP contribution is 2.38. The van der Waals surface area contributed by atoms with Gasteiger partial charge in [-0.15, -0.1) is 23.2 Å². The molecule has 1 aliphatic rings. The summed E-state index contributed by atoms with van der Waals surface area (Å²) in [6.07, 6.45) is 0. The molecule has 0 heterocycles. The quantitative estimate of drug-likeness (QED) is 0.419. The van der Waals surface area contributed by atoms with Gasteiger partial charge in [0, 0.05) is 17.7 Å². The van der Waals surface area contributed by atoms with Crippen molar-refractivity contribution in [3.05, 3.63) is 45.0 Å². The summed E-state index contributed by atoms with van der Waals surface area (Å²) in [6.45, 7) is 2.71. The largest absolute Gasteiger partial charge is 0.292 e. The maximum absolute atomic E-state index is 12.5. The fourth-order valence-electron chi connectivity index (χ4n) is 2.17. The average Bonchev–Trinajstić information content (AvgIpc) is 2.56. The van der Waals surface area contributed by atoms with Crippen LogP contribution in [-0.4, -0.2) is 35.1 Å². The molecule has 0 amide bonds. The maximum Gasteiger partial charge on any atom is 0.282 e. The number of Topliss-reactive ketones (excluding diaryl/α,β-unsaturated/α-hetero) is 1. The molecular formula is C14H11Cl3N2O5S. The minimum Gasteiger partial charge on any atom is -0.292 e. The van der Waals surface area contributed by atoms with E-state index in [1.165, 1.54) is 19.9 Å². The molecule has 2 rings (SSSR count). The number of nitrogens with zero attached hydrogens (tertiary/aromatic N) is 2. The Morgan fingerprint density at radius 3 is 2.52 bits per heavy atom. The predicted octanol–water partition coefficient (Wildman–Crippen LogP) is 3.42. The van der Waals surface area contributed by atoms with E-state index in [1.807, 2.05) is 0 Å². The van der Waals surface area contributed by atoms with Gasteiger partial charge >= 0.3 is 0 Å². The number of halogens is 3. The molecule has 0 radical (unpaired) electrons. The molecule has 2 atom stereocenters. The van der Waals surface area contributed by atoms with Crippen LogP contribution in [0.1, 0.15) is 13.8 Å². The number of nitro groups is 1. The van der Waals surface area contributed by atoms with Gasteiger partial charge in [0.15, 0.2) is 5.78 Å². The summed E-state index contributed by atoms with van der Waals surface area (Å²) in [5, 5.41) is 9.30. The number of carbonyl (C=O) groups is 1. The van der Waals surface area contributed by atoms with Crippen LogP contribution in [0.2, 0.25) is 0 Å². The van der Waals surface area contributed by atoms with Crippen LogP contribution in [0.3, 0.4) is 0 Å². The molecule has 1 aromatic rings. The van der Waals surface area contributed by atoms with E-state index in [0.717, 1.165) is 18.2 Å². The van der Waals surface area contributed by atoms with Gasteiger partial charge < -0.3 is 0 Å². The van der Waals surface area contributed by atoms with Crippen molar-refractivity contribution >= 4 is 62.0 Å². The molecule has 2 unspecified atom stereocenters. The van der Waals surface area contributed by atoms with Crippen LogP contribution in [0.5, 0.6) is 0 Å². The third-order valence-corrected chi connectivity index (χ3v) is 6.51. The van der Waals surface area contributed by atoms with Crippen LogP contribution >= 0.6 is 34.8 Å². The summed E-state index contributed by atoms with van der Waals surface area (Å²) in [4.78, 5) is 20.2. The molecule has 0 saturated heterocycles. The van der Waals surface area contributed by atoms with E-state index in [9.17, 15) is 23.3 Å². The maximum atomic E-state index is 12.5. The van der Waals surface area contributed by atoms with Crippen LogP contribution in [0.15, 0.2) is 44.2 Å². The number of hydrogen-bond acceptors (Lipinski definition) is 5. The number of ketones is 1. The van der Waals surface area contributed by atoms with E-state index in [2.05, 4.69) is 4.40 Å². The lowest BCUT2D eigenvalue weighted by atomic mass is 9.87. The monoisotopic (exact) mass is 424 g/mol. The van der Waals surface area contributed by atoms with Crippen molar-refractivity contribution in [2.75, 3.05) is 0 Å². The van der Waals surface area contributed by atoms with Crippen molar-refractivity contribution in [3.8, 4) is 0 Å². The highest BCUT2D eigenvalue weighted by atomic mass is 35.5. The summed E-state index contributed by atoms with van der Waals surface area (Å²) in [6, 6.07) is 4.36. The van der Waals surface area contributed by atoms with E-state index in [0.29, 0.717) is 0 Å². The van der Waals surface area contributed by atoms with Gasteiger partial charge in [0.05, 0.1) is 20.6 Å². The zero-order valence-corrected chi connectivity index (χ0v) is 15.9. The molecule has 25 heavy (non-hydrogen) atoms. The summed E-state index contributed by atoms with van der Waals surface area (Å²) >= 11 is 18.3. The Bertz CT molecular complexity index is 938. The lowest BCUT2D eigenvalue weighted by Gasteiger charge is -2.32. The van der Waals surface area contributed by atoms with Gasteiger partial charge in [-0.1, -0.05) is 17.7 Å². The molecule has 0 bridgehead atoms. The summed E-state index contributed by atoms with van der Waals surface area (Å²) < 4.78 is 28.6. The second kappa shape index (κ2) is 6.68. The molecule has 134 valence electrons. The first-order chi connectivity index (χ1) is 11.4. The zero-order valence-electron chi connectivity index (χ0n) is 12.9. The van der Waals surface area contributed by atoms with Crippen LogP contribution in [0.25, 0.3) is 0 Å². The van der Waals surface area contributed by atoms with E-state index in [-0.39, 0.29) is 16.3 Å². The average molecular weight is 426 g/mol. The number of alkyl halides is 2. The summed E-state index contributed by atoms with van der Waals surface area (Å²) in [7, 11) is -4.36. The third-order valence-electron chi connectivity index (χ3n) is 3.60. The van der Waals surface area contributed by atoms with Crippen molar-refractivity contribution in [2.45, 2.75) is 29.0 Å². The molecule has 11 heteroatoms. The Kier molecular flexibility index (Phi) is 5.30. The van der Waals surface area contributed by atoms with Crippen molar-refractivity contribution in [1.82, 2.24) is 0 Å². The Balaban J connectivity index is 2.63. The van der Waals surface area contributed by atoms with E-state index >= 15 is 0 Å². The fourth-order valence-corrected chi connectivity index (χ4v) is 4.15. The van der Waals surface area contributed by atoms with Gasteiger partial charge in [0.25, 0.3) is 15.7 Å². The normalized spacial score (nSPS) is 26.2. The van der Waals surface area contributed by atoms with Gasteiger partial charge in [-0.05, 0) is 19.9 Å². The molecule has 7 nitrogen and oxygen atoms in total. The Morgan fingerprint density at radius 1 is 1.36 bits per heavy atom. The number of carbonyl (C=O) groups excluding carboxylic acids is 1. The van der Waals surface area contributed by atoms with Crippen molar-refractivity contribution in [3.63, 3.8) is 0 Å². The predicted molar refractivity (Wildman–Crippen MR) is 95.2 cm³/mol. The number of allylic oxidation sites excluding steroid dienone is 2. The Hall–Kier alpha value is -1.48. The van der Waals surface area contributed by atoms with Crippen molar-refractivity contribution in [1.29, 1.82) is 0 Å². The fraction of sp³-hybridized carbons (Fsp3) is 0.286. The van der Waals surface area contributed by atoms with Crippen LogP contribution in [-0.2, 0) is 14.8 Å². The topological polar surface area (TPSA) is 107 Å². The van der Waals surface area contributed by atoms with Crippen LogP contribution in [0, 0.1) is 10.1 Å². The first kappa shape index (κ1) is 19.8. The highest BCUT2D eigenvalue weighted by Gasteiger charge is 2.48. The molecule has 1 aromatic carbocycles. The first-order valence-corrected chi connectivity index (χ1v) is 9.36. The smallest absolute Gasteiger partial charge is 0.282 e. The SMILES string of the molecule is CC1=C(Cl)/C(=N\S(=O)(=O)c2cccc([N+](=O)[O-])c2)C(Cl)C(C)(Cl)C1=O. The van der Waals surface area contributed by atoms with E-state index in [1.54, 1.807) is 0 Å². The second-order valence-electron chi connectivity index (χ2n) is 5.41. The van der Waals surface area contributed by atoms with Crippen LogP contribution < -0.4 is 0 Å². The first-order valence-electron chi connectivity index (χ1n) is 6.73. The number of benzene rings is 1. The molecule has 0 aromatic heterocycles. The van der Waals surface area contributed by atoms with Gasteiger partial charge in [0.2, 0.25) is 0 Å². The molecule has 0 saturated carbocycles. The van der Waals surface area contributed by atoms with E-state index < -0.39 is 41.6 Å². The summed E-state index contributed by atoms with van der Waals surface area (Å²) in [5.41, 5.74) is -0.670. The van der Waals surface area contributed by atoms with Gasteiger partial charge in [-0.3, -0.25) is 14.9 Å². The van der Waals surface area contributed by atoms with E-state index in [4.69, 9.17) is 34.8 Å². The molecule has 0 N–H and O–H groups in total. The number of nitro benzene ring substituents is 1. The Labute approximate surface area is 158 Å². The third kappa shape index (κ3) is 3.57. The summed E-state index contributed by atoms with van der Waals surface area (Å²) in [5.74, 6) is -0.536. The second-order valence-corrected chi connectivity index (χ2v) is 8.62. The molecule has 1 aliphatic carbocycles. The molecule has 0 fully saturated rings. The standard InChI is InChI=1S/C14H11Cl3N2O5S/c1-7-10(15)11(12(16)14(2,17)13(7)20)18-25(23,24)9-5-3-4-8(6-9)19(21)22/h3-6,12H,1-2H3/b18-11+. The van der Waals surface area contributed by atoms with Crippen molar-refractivity contribution in [2.24, 2.45) is 4.40 Å². The number of non-ortho nitro benzene ring substituents is 1. The van der Waals surface area contributed by atoms with Crippen LogP contribution in [0.4, 0.5) is 5.69 Å². The molecule has 0 aliphatic heterocycles. The van der Waals surface area contributed by atoms with Gasteiger partial charge in [-0.25, -0.2) is 0 Å². The Morgan fingerprint density at radius 2 is 1.96 bits per heavy atom. The lowest BCUT2D eigenvalue weighted by Crippen LogP contribution is -2.48. The zero-order chi connectivity index (χ0) is 19.2. The van der Waals surface area contributed by atoms with Crippen molar-refractivity contribution < 1.29 is 18.1 Å². The minimum atomic E-state index is -4.36. The number of hydrogen-bond donors (Lipinski definition) is 0. The lowest BCUT2D eigenvalue weighted by molar-refractivity contribution is -0.385.